The van der Waals surface area contributed by atoms with E-state index in [-0.39, 0.29) is 12.7 Å². The van der Waals surface area contributed by atoms with Crippen molar-refractivity contribution in [1.82, 2.24) is 0 Å². The van der Waals surface area contributed by atoms with E-state index in [2.05, 4.69) is 6.58 Å². The van der Waals surface area contributed by atoms with Crippen LogP contribution in [0.5, 0.6) is 0 Å². The molecule has 2 atom stereocenters. The Morgan fingerprint density at radius 2 is 2.20 bits per heavy atom. The van der Waals surface area contributed by atoms with Gasteiger partial charge >= 0.3 is 5.97 Å². The molecule has 20 heavy (non-hydrogen) atoms. The van der Waals surface area contributed by atoms with Gasteiger partial charge in [-0.15, -0.1) is 0 Å². The van der Waals surface area contributed by atoms with E-state index >= 15 is 0 Å². The molecule has 1 aromatic carbocycles. The van der Waals surface area contributed by atoms with Crippen LogP contribution < -0.4 is 0 Å². The molecule has 2 rings (SSSR count). The highest BCUT2D eigenvalue weighted by molar-refractivity contribution is 5.86. The molecule has 1 aliphatic heterocycles. The van der Waals surface area contributed by atoms with Crippen LogP contribution in [-0.4, -0.2) is 25.3 Å². The Morgan fingerprint density at radius 3 is 2.80 bits per heavy atom. The third-order valence-corrected chi connectivity index (χ3v) is 2.81. The summed E-state index contributed by atoms with van der Waals surface area (Å²) in [5, 5.41) is 8.73. The van der Waals surface area contributed by atoms with Crippen LogP contribution in [0.2, 0.25) is 0 Å². The molecule has 0 unspecified atom stereocenters. The maximum atomic E-state index is 11.3. The maximum absolute atomic E-state index is 11.3. The van der Waals surface area contributed by atoms with Gasteiger partial charge in [0.25, 0.3) is 0 Å². The van der Waals surface area contributed by atoms with Crippen LogP contribution in [0.4, 0.5) is 0 Å². The molecule has 1 aliphatic rings. The van der Waals surface area contributed by atoms with Crippen molar-refractivity contribution in [2.24, 2.45) is 0 Å². The van der Waals surface area contributed by atoms with Crippen molar-refractivity contribution < 1.29 is 19.0 Å². The lowest BCUT2D eigenvalue weighted by Gasteiger charge is -2.12. The normalized spacial score (nSPS) is 21.2. The number of rotatable bonds is 4. The van der Waals surface area contributed by atoms with Crippen LogP contribution in [0.25, 0.3) is 0 Å². The molecule has 0 aliphatic carbocycles. The van der Waals surface area contributed by atoms with Crippen LogP contribution in [-0.2, 0) is 19.0 Å². The number of hydrogen-bond acceptors (Lipinski definition) is 5. The van der Waals surface area contributed by atoms with Crippen LogP contribution >= 0.6 is 0 Å². The summed E-state index contributed by atoms with van der Waals surface area (Å²) in [5.41, 5.74) is 1.77. The molecule has 104 valence electrons. The highest BCUT2D eigenvalue weighted by atomic mass is 16.7. The molecule has 0 aromatic heterocycles. The van der Waals surface area contributed by atoms with Crippen LogP contribution in [0.1, 0.15) is 24.3 Å². The Balaban J connectivity index is 1.87. The molecule has 0 radical (unpaired) electrons. The zero-order valence-corrected chi connectivity index (χ0v) is 11.2. The highest BCUT2D eigenvalue weighted by Gasteiger charge is 2.28. The van der Waals surface area contributed by atoms with E-state index in [0.717, 1.165) is 5.56 Å². The number of carbonyl (C=O) groups is 1. The van der Waals surface area contributed by atoms with Crippen molar-refractivity contribution >= 4 is 5.97 Å². The second-order valence-corrected chi connectivity index (χ2v) is 4.54. The van der Waals surface area contributed by atoms with Gasteiger partial charge in [0, 0.05) is 11.1 Å². The lowest BCUT2D eigenvalue weighted by molar-refractivity contribution is -0.143. The summed E-state index contributed by atoms with van der Waals surface area (Å²) in [7, 11) is 0. The average Bonchev–Trinajstić information content (AvgIpc) is 2.93. The highest BCUT2D eigenvalue weighted by Crippen LogP contribution is 2.27. The second kappa shape index (κ2) is 6.33. The standard InChI is InChI=1S/C15H15NO4/c1-10(2)14(17)18-8-13-9-19-15(20-13)12-5-3-11(7-16)4-6-12/h3-6,13,15H,1,8-9H2,2H3/t13-,15+/m0/s1. The van der Waals surface area contributed by atoms with Crippen LogP contribution in [0.15, 0.2) is 36.4 Å². The molecular formula is C15H15NO4. The van der Waals surface area contributed by atoms with Crippen molar-refractivity contribution in [3.05, 3.63) is 47.5 Å². The van der Waals surface area contributed by atoms with Crippen molar-refractivity contribution in [3.63, 3.8) is 0 Å². The SMILES string of the molecule is C=C(C)C(=O)OC[C@H]1CO[C@@H](c2ccc(C#N)cc2)O1. The third kappa shape index (κ3) is 3.44. The molecule has 1 saturated heterocycles. The van der Waals surface area contributed by atoms with E-state index < -0.39 is 12.3 Å². The van der Waals surface area contributed by atoms with E-state index in [1.807, 2.05) is 6.07 Å². The molecule has 0 spiro atoms. The Labute approximate surface area is 117 Å². The average molecular weight is 273 g/mol. The van der Waals surface area contributed by atoms with Gasteiger partial charge in [0.2, 0.25) is 0 Å². The van der Waals surface area contributed by atoms with Gasteiger partial charge in [0.15, 0.2) is 6.29 Å². The topological polar surface area (TPSA) is 68.5 Å². The number of benzene rings is 1. The minimum absolute atomic E-state index is 0.137. The molecule has 1 fully saturated rings. The predicted molar refractivity (Wildman–Crippen MR) is 70.5 cm³/mol. The quantitative estimate of drug-likeness (QED) is 0.620. The summed E-state index contributed by atoms with van der Waals surface area (Å²) in [6.07, 6.45) is -0.782. The minimum atomic E-state index is -0.490. The zero-order valence-electron chi connectivity index (χ0n) is 11.2. The smallest absolute Gasteiger partial charge is 0.333 e. The van der Waals surface area contributed by atoms with Crippen molar-refractivity contribution in [1.29, 1.82) is 5.26 Å². The van der Waals surface area contributed by atoms with Gasteiger partial charge in [-0.1, -0.05) is 18.7 Å². The van der Waals surface area contributed by atoms with Gasteiger partial charge in [-0.2, -0.15) is 5.26 Å². The second-order valence-electron chi connectivity index (χ2n) is 4.54. The summed E-state index contributed by atoms with van der Waals surface area (Å²) in [5.74, 6) is -0.435. The lowest BCUT2D eigenvalue weighted by atomic mass is 10.1. The van der Waals surface area contributed by atoms with E-state index in [1.54, 1.807) is 31.2 Å². The van der Waals surface area contributed by atoms with E-state index in [9.17, 15) is 4.79 Å². The zero-order chi connectivity index (χ0) is 14.5. The first-order valence-electron chi connectivity index (χ1n) is 6.20. The molecule has 1 aromatic rings. The summed E-state index contributed by atoms with van der Waals surface area (Å²) < 4.78 is 16.2. The Morgan fingerprint density at radius 1 is 1.50 bits per heavy atom. The first kappa shape index (κ1) is 14.3. The van der Waals surface area contributed by atoms with E-state index in [1.165, 1.54) is 0 Å². The van der Waals surface area contributed by atoms with Crippen molar-refractivity contribution in [3.8, 4) is 6.07 Å². The first-order chi connectivity index (χ1) is 9.60. The molecule has 5 nitrogen and oxygen atoms in total. The molecule has 1 heterocycles. The number of ether oxygens (including phenoxy) is 3. The first-order valence-corrected chi connectivity index (χ1v) is 6.20. The lowest BCUT2D eigenvalue weighted by Crippen LogP contribution is -2.20. The van der Waals surface area contributed by atoms with Gasteiger partial charge in [-0.3, -0.25) is 0 Å². The molecule has 0 N–H and O–H groups in total. The fourth-order valence-corrected chi connectivity index (χ4v) is 1.72. The Kier molecular flexibility index (Phi) is 4.51. The Hall–Kier alpha value is -2.16. The molecule has 5 heteroatoms. The van der Waals surface area contributed by atoms with Gasteiger partial charge in [-0.25, -0.2) is 4.79 Å². The maximum Gasteiger partial charge on any atom is 0.333 e. The molecule has 0 saturated carbocycles. The molecular weight excluding hydrogens is 258 g/mol. The summed E-state index contributed by atoms with van der Waals surface area (Å²) >= 11 is 0. The summed E-state index contributed by atoms with van der Waals surface area (Å²) in [6.45, 7) is 5.59. The summed E-state index contributed by atoms with van der Waals surface area (Å²) in [4.78, 5) is 11.3. The van der Waals surface area contributed by atoms with E-state index in [0.29, 0.717) is 17.7 Å². The van der Waals surface area contributed by atoms with Gasteiger partial charge in [-0.05, 0) is 19.1 Å². The Bertz CT molecular complexity index is 544. The minimum Gasteiger partial charge on any atom is -0.459 e. The fraction of sp³-hybridized carbons (Fsp3) is 0.333. The monoisotopic (exact) mass is 273 g/mol. The number of nitriles is 1. The van der Waals surface area contributed by atoms with Gasteiger partial charge < -0.3 is 14.2 Å². The third-order valence-electron chi connectivity index (χ3n) is 2.81. The number of esters is 1. The largest absolute Gasteiger partial charge is 0.459 e. The molecule has 0 bridgehead atoms. The molecule has 0 amide bonds. The fourth-order valence-electron chi connectivity index (χ4n) is 1.72. The van der Waals surface area contributed by atoms with Gasteiger partial charge in [0.1, 0.15) is 12.7 Å². The van der Waals surface area contributed by atoms with Crippen molar-refractivity contribution in [2.45, 2.75) is 19.3 Å². The number of carbonyl (C=O) groups excluding carboxylic acids is 1. The van der Waals surface area contributed by atoms with Gasteiger partial charge in [0.05, 0.1) is 18.2 Å². The number of nitrogens with zero attached hydrogens (tertiary/aromatic N) is 1. The van der Waals surface area contributed by atoms with E-state index in [4.69, 9.17) is 19.5 Å². The number of hydrogen-bond donors (Lipinski definition) is 0. The predicted octanol–water partition coefficient (Wildman–Crippen LogP) is 2.09. The van der Waals surface area contributed by atoms with Crippen molar-refractivity contribution in [2.75, 3.05) is 13.2 Å². The summed E-state index contributed by atoms with van der Waals surface area (Å²) in [6, 6.07) is 9.03. The van der Waals surface area contributed by atoms with Crippen LogP contribution in [0.3, 0.4) is 0 Å². The van der Waals surface area contributed by atoms with Crippen LogP contribution in [0, 0.1) is 11.3 Å².